The van der Waals surface area contributed by atoms with Crippen LogP contribution in [0.2, 0.25) is 0 Å². The van der Waals surface area contributed by atoms with E-state index in [0.29, 0.717) is 6.04 Å². The Hall–Kier alpha value is -2.35. The zero-order chi connectivity index (χ0) is 15.8. The maximum absolute atomic E-state index is 12.1. The van der Waals surface area contributed by atoms with Crippen LogP contribution in [0.4, 0.5) is 10.5 Å². The fourth-order valence-corrected chi connectivity index (χ4v) is 3.27. The van der Waals surface area contributed by atoms with Crippen LogP contribution in [0.1, 0.15) is 18.2 Å². The number of rotatable bonds is 4. The molecule has 2 aromatic rings. The van der Waals surface area contributed by atoms with Crippen molar-refractivity contribution in [3.8, 4) is 0 Å². The van der Waals surface area contributed by atoms with Gasteiger partial charge in [-0.1, -0.05) is 5.16 Å². The van der Waals surface area contributed by atoms with Gasteiger partial charge in [-0.3, -0.25) is 14.5 Å². The molecule has 0 radical (unpaired) electrons. The lowest BCUT2D eigenvalue weighted by Gasteiger charge is -2.15. The fraction of sp³-hybridized carbons (Fsp3) is 0.533. The average molecular weight is 316 g/mol. The molecule has 2 aliphatic heterocycles. The number of aromatic nitrogens is 3. The third-order valence-corrected chi connectivity index (χ3v) is 4.61. The molecule has 8 nitrogen and oxygen atoms in total. The largest absolute Gasteiger partial charge is 0.364 e. The molecule has 4 rings (SSSR count). The summed E-state index contributed by atoms with van der Waals surface area (Å²) in [6, 6.07) is 2.28. The summed E-state index contributed by atoms with van der Waals surface area (Å²) in [5.74, 6) is 0. The first-order chi connectivity index (χ1) is 11.2. The Morgan fingerprint density at radius 1 is 1.35 bits per heavy atom. The van der Waals surface area contributed by atoms with Gasteiger partial charge in [0.05, 0.1) is 23.6 Å². The summed E-state index contributed by atoms with van der Waals surface area (Å²) in [4.78, 5) is 17.9. The highest BCUT2D eigenvalue weighted by Crippen LogP contribution is 2.25. The molecule has 1 atom stereocenters. The molecule has 0 aromatic carbocycles. The van der Waals surface area contributed by atoms with Gasteiger partial charge in [0.2, 0.25) is 0 Å². The standard InChI is InChI=1S/C15H20N6O2/c1-18-5-6-20(15(18)22)14-8-16-21(11-14)13-2-4-19(10-13)9-12-3-7-23-17-12/h3,7-8,11,13H,2,4-6,9-10H2,1H3. The van der Waals surface area contributed by atoms with Crippen LogP contribution < -0.4 is 4.90 Å². The van der Waals surface area contributed by atoms with Crippen molar-refractivity contribution in [2.45, 2.75) is 19.0 Å². The average Bonchev–Trinajstić information content (AvgIpc) is 3.30. The number of anilines is 1. The van der Waals surface area contributed by atoms with E-state index in [1.165, 1.54) is 0 Å². The third-order valence-electron chi connectivity index (χ3n) is 4.61. The first-order valence-electron chi connectivity index (χ1n) is 7.89. The molecule has 2 aromatic heterocycles. The van der Waals surface area contributed by atoms with Gasteiger partial charge in [-0.05, 0) is 6.42 Å². The van der Waals surface area contributed by atoms with Gasteiger partial charge in [0.25, 0.3) is 0 Å². The molecular formula is C15H20N6O2. The van der Waals surface area contributed by atoms with E-state index in [9.17, 15) is 4.79 Å². The Balaban J connectivity index is 1.41. The first kappa shape index (κ1) is 14.3. The summed E-state index contributed by atoms with van der Waals surface area (Å²) in [5, 5.41) is 8.44. The van der Waals surface area contributed by atoms with Crippen LogP contribution in [0.15, 0.2) is 29.2 Å². The van der Waals surface area contributed by atoms with Crippen molar-refractivity contribution in [1.29, 1.82) is 0 Å². The molecule has 0 aliphatic carbocycles. The van der Waals surface area contributed by atoms with E-state index in [1.54, 1.807) is 22.3 Å². The van der Waals surface area contributed by atoms with Crippen LogP contribution in [0, 0.1) is 0 Å². The number of carbonyl (C=O) groups is 1. The summed E-state index contributed by atoms with van der Waals surface area (Å²) in [5.41, 5.74) is 1.84. The summed E-state index contributed by atoms with van der Waals surface area (Å²) in [6.45, 7) is 4.24. The zero-order valence-electron chi connectivity index (χ0n) is 13.1. The van der Waals surface area contributed by atoms with Gasteiger partial charge in [0.15, 0.2) is 0 Å². The van der Waals surface area contributed by atoms with Crippen molar-refractivity contribution in [3.63, 3.8) is 0 Å². The molecule has 0 spiro atoms. The minimum Gasteiger partial charge on any atom is -0.364 e. The SMILES string of the molecule is CN1CCN(c2cnn(C3CCN(Cc4ccon4)C3)c2)C1=O. The minimum atomic E-state index is 0.0450. The van der Waals surface area contributed by atoms with Gasteiger partial charge in [0, 0.05) is 52.0 Å². The molecule has 0 saturated carbocycles. The van der Waals surface area contributed by atoms with Crippen LogP contribution in [-0.2, 0) is 6.54 Å². The predicted octanol–water partition coefficient (Wildman–Crippen LogP) is 1.19. The molecule has 0 N–H and O–H groups in total. The second-order valence-corrected chi connectivity index (χ2v) is 6.20. The highest BCUT2D eigenvalue weighted by atomic mass is 16.5. The van der Waals surface area contributed by atoms with Crippen LogP contribution in [0.5, 0.6) is 0 Å². The highest BCUT2D eigenvalue weighted by molar-refractivity contribution is 5.93. The van der Waals surface area contributed by atoms with E-state index >= 15 is 0 Å². The van der Waals surface area contributed by atoms with E-state index in [-0.39, 0.29) is 6.03 Å². The molecule has 8 heteroatoms. The van der Waals surface area contributed by atoms with Gasteiger partial charge < -0.3 is 9.42 Å². The van der Waals surface area contributed by atoms with E-state index in [1.807, 2.05) is 24.0 Å². The Bertz CT molecular complexity index is 682. The number of nitrogens with zero attached hydrogens (tertiary/aromatic N) is 6. The number of carbonyl (C=O) groups excluding carboxylic acids is 1. The summed E-state index contributed by atoms with van der Waals surface area (Å²) >= 11 is 0. The molecule has 1 unspecified atom stereocenters. The molecule has 0 bridgehead atoms. The van der Waals surface area contributed by atoms with Crippen molar-refractivity contribution in [3.05, 3.63) is 30.4 Å². The second-order valence-electron chi connectivity index (χ2n) is 6.20. The van der Waals surface area contributed by atoms with Crippen LogP contribution in [-0.4, -0.2) is 64.0 Å². The lowest BCUT2D eigenvalue weighted by atomic mass is 10.3. The molecule has 2 saturated heterocycles. The number of hydrogen-bond acceptors (Lipinski definition) is 5. The maximum atomic E-state index is 12.1. The Kier molecular flexibility index (Phi) is 3.53. The number of amides is 2. The molecule has 2 fully saturated rings. The molecule has 122 valence electrons. The Morgan fingerprint density at radius 2 is 2.26 bits per heavy atom. The number of hydrogen-bond donors (Lipinski definition) is 0. The molecular weight excluding hydrogens is 296 g/mol. The number of likely N-dealkylation sites (tertiary alicyclic amines) is 1. The first-order valence-corrected chi connectivity index (χ1v) is 7.89. The second kappa shape index (κ2) is 5.69. The minimum absolute atomic E-state index is 0.0450. The fourth-order valence-electron chi connectivity index (χ4n) is 3.27. The van der Waals surface area contributed by atoms with Gasteiger partial charge in [-0.25, -0.2) is 4.79 Å². The van der Waals surface area contributed by atoms with Crippen molar-refractivity contribution >= 4 is 11.7 Å². The molecule has 2 aliphatic rings. The van der Waals surface area contributed by atoms with Gasteiger partial charge >= 0.3 is 6.03 Å². The Morgan fingerprint density at radius 3 is 3.00 bits per heavy atom. The van der Waals surface area contributed by atoms with E-state index in [2.05, 4.69) is 15.2 Å². The summed E-state index contributed by atoms with van der Waals surface area (Å²) in [6.07, 6.45) is 6.43. The quantitative estimate of drug-likeness (QED) is 0.847. The normalized spacial score (nSPS) is 22.5. The predicted molar refractivity (Wildman–Crippen MR) is 83.0 cm³/mol. The molecule has 23 heavy (non-hydrogen) atoms. The lowest BCUT2D eigenvalue weighted by molar-refractivity contribution is 0.229. The van der Waals surface area contributed by atoms with Gasteiger partial charge in [0.1, 0.15) is 6.26 Å². The van der Waals surface area contributed by atoms with Crippen molar-refractivity contribution in [1.82, 2.24) is 24.7 Å². The smallest absolute Gasteiger partial charge is 0.324 e. The number of likely N-dealkylation sites (N-methyl/N-ethyl adjacent to an activating group) is 1. The van der Waals surface area contributed by atoms with E-state index in [0.717, 1.165) is 50.5 Å². The summed E-state index contributed by atoms with van der Waals surface area (Å²) in [7, 11) is 1.82. The lowest BCUT2D eigenvalue weighted by Crippen LogP contribution is -2.28. The topological polar surface area (TPSA) is 70.6 Å². The Labute approximate surface area is 134 Å². The van der Waals surface area contributed by atoms with Crippen LogP contribution in [0.3, 0.4) is 0 Å². The monoisotopic (exact) mass is 316 g/mol. The van der Waals surface area contributed by atoms with E-state index < -0.39 is 0 Å². The molecule has 4 heterocycles. The maximum Gasteiger partial charge on any atom is 0.324 e. The van der Waals surface area contributed by atoms with Gasteiger partial charge in [-0.2, -0.15) is 5.10 Å². The van der Waals surface area contributed by atoms with Gasteiger partial charge in [-0.15, -0.1) is 0 Å². The van der Waals surface area contributed by atoms with Crippen molar-refractivity contribution in [2.24, 2.45) is 0 Å². The van der Waals surface area contributed by atoms with Crippen molar-refractivity contribution in [2.75, 3.05) is 38.1 Å². The highest BCUT2D eigenvalue weighted by Gasteiger charge is 2.29. The van der Waals surface area contributed by atoms with Crippen molar-refractivity contribution < 1.29 is 9.32 Å². The van der Waals surface area contributed by atoms with Crippen LogP contribution in [0.25, 0.3) is 0 Å². The third kappa shape index (κ3) is 2.70. The molecule has 2 amide bonds. The number of urea groups is 1. The van der Waals surface area contributed by atoms with E-state index in [4.69, 9.17) is 4.52 Å². The summed E-state index contributed by atoms with van der Waals surface area (Å²) < 4.78 is 6.87. The van der Waals surface area contributed by atoms with Crippen LogP contribution >= 0.6 is 0 Å². The zero-order valence-corrected chi connectivity index (χ0v) is 13.1.